The van der Waals surface area contributed by atoms with Crippen molar-refractivity contribution in [2.24, 2.45) is 10.9 Å². The molecule has 0 bridgehead atoms. The van der Waals surface area contributed by atoms with Gasteiger partial charge in [0.15, 0.2) is 0 Å². The molecule has 4 rings (SSSR count). The van der Waals surface area contributed by atoms with Crippen LogP contribution in [0.5, 0.6) is 0 Å². The molecule has 1 saturated heterocycles. The fourth-order valence-electron chi connectivity index (χ4n) is 4.39. The van der Waals surface area contributed by atoms with Crippen molar-refractivity contribution in [2.75, 3.05) is 37.6 Å². The van der Waals surface area contributed by atoms with Crippen molar-refractivity contribution in [3.8, 4) is 0 Å². The van der Waals surface area contributed by atoms with E-state index in [0.717, 1.165) is 38.3 Å². The lowest BCUT2D eigenvalue weighted by Gasteiger charge is -2.41. The number of rotatable bonds is 6. The van der Waals surface area contributed by atoms with Gasteiger partial charge in [-0.05, 0) is 40.2 Å². The molecule has 0 spiro atoms. The number of nitrogens with zero attached hydrogens (tertiary/aromatic N) is 4. The number of aromatic nitrogens is 1. The van der Waals surface area contributed by atoms with Gasteiger partial charge < -0.3 is 14.5 Å². The van der Waals surface area contributed by atoms with E-state index >= 15 is 0 Å². The number of dihydropyridines is 1. The summed E-state index contributed by atoms with van der Waals surface area (Å²) >= 11 is 0. The fraction of sp³-hybridized carbons (Fsp3) is 0.565. The molecule has 1 fully saturated rings. The first-order chi connectivity index (χ1) is 14.8. The minimum Gasteiger partial charge on any atom is -0.606 e. The zero-order valence-electron chi connectivity index (χ0n) is 19.0. The summed E-state index contributed by atoms with van der Waals surface area (Å²) in [5.41, 5.74) is 5.62. The Morgan fingerprint density at radius 1 is 1.26 bits per heavy atom. The first kappa shape index (κ1) is 22.0. The lowest BCUT2D eigenvalue weighted by atomic mass is 9.85. The van der Waals surface area contributed by atoms with Gasteiger partial charge in [-0.3, -0.25) is 9.89 Å². The number of piperazine rings is 1. The molecule has 2 N–H and O–H groups in total. The quantitative estimate of drug-likeness (QED) is 0.535. The number of anilines is 1. The number of oxazole rings is 1. The van der Waals surface area contributed by atoms with Crippen molar-refractivity contribution < 1.29 is 9.59 Å². The number of fused-ring (bicyclic) bond motifs is 1. The van der Waals surface area contributed by atoms with Crippen molar-refractivity contribution in [3.05, 3.63) is 47.4 Å². The van der Waals surface area contributed by atoms with E-state index in [9.17, 15) is 5.21 Å². The maximum Gasteiger partial charge on any atom is 0.336 e. The minimum atomic E-state index is -0.219. The van der Waals surface area contributed by atoms with Gasteiger partial charge >= 0.3 is 11.9 Å². The fourth-order valence-corrected chi connectivity index (χ4v) is 4.39. The van der Waals surface area contributed by atoms with Gasteiger partial charge in [-0.2, -0.15) is 10.4 Å². The van der Waals surface area contributed by atoms with Crippen molar-refractivity contribution in [1.29, 1.82) is 0 Å². The molecule has 2 aliphatic heterocycles. The van der Waals surface area contributed by atoms with E-state index in [1.807, 2.05) is 13.0 Å². The third kappa shape index (κ3) is 5.15. The maximum absolute atomic E-state index is 12.7. The normalized spacial score (nSPS) is 23.9. The summed E-state index contributed by atoms with van der Waals surface area (Å²) in [5.74, 6) is 0.488. The van der Waals surface area contributed by atoms with E-state index in [4.69, 9.17) is 4.42 Å². The standard InChI is InChI=1S/C23H34N6O2/c1-17(15-18-9-10-24-20-8-6-5-7-19(18)20)26-29(30)21-16-25-22(31-21)27-11-13-28(14-12-27)23(2,3)4/h5-9,16-17,19,26,29H,10-15H2,1-4H3. The van der Waals surface area contributed by atoms with E-state index in [1.165, 1.54) is 11.8 Å². The predicted octanol–water partition coefficient (Wildman–Crippen LogP) is 2.02. The highest BCUT2D eigenvalue weighted by atomic mass is 16.6. The number of hydrogen-bond donors (Lipinski definition) is 2. The zero-order valence-corrected chi connectivity index (χ0v) is 19.0. The van der Waals surface area contributed by atoms with Crippen LogP contribution in [0.25, 0.3) is 0 Å². The molecule has 168 valence electrons. The molecule has 0 radical (unpaired) electrons. The summed E-state index contributed by atoms with van der Waals surface area (Å²) in [7, 11) is 0. The van der Waals surface area contributed by atoms with Crippen LogP contribution >= 0.6 is 0 Å². The third-order valence-electron chi connectivity index (χ3n) is 6.16. The Kier molecular flexibility index (Phi) is 6.43. The van der Waals surface area contributed by atoms with Gasteiger partial charge in [0, 0.05) is 43.3 Å². The van der Waals surface area contributed by atoms with Crippen LogP contribution in [0, 0.1) is 11.1 Å². The van der Waals surface area contributed by atoms with Crippen LogP contribution in [0.15, 0.2) is 51.6 Å². The Hall–Kier alpha value is -2.26. The summed E-state index contributed by atoms with van der Waals surface area (Å²) in [4.78, 5) is 13.5. The topological polar surface area (TPSA) is 84.4 Å². The average Bonchev–Trinajstić information content (AvgIpc) is 3.24. The molecule has 8 heteroatoms. The molecule has 1 aromatic rings. The molecular weight excluding hydrogens is 392 g/mol. The summed E-state index contributed by atoms with van der Waals surface area (Å²) in [6, 6.07) is 0.516. The molecule has 0 saturated carbocycles. The monoisotopic (exact) mass is 426 g/mol. The third-order valence-corrected chi connectivity index (χ3v) is 6.16. The second-order valence-corrected chi connectivity index (χ2v) is 9.50. The highest BCUT2D eigenvalue weighted by molar-refractivity contribution is 6.01. The largest absolute Gasteiger partial charge is 0.606 e. The molecule has 0 amide bonds. The van der Waals surface area contributed by atoms with Gasteiger partial charge in [-0.15, -0.1) is 0 Å². The number of aliphatic imine (C=N–C) groups is 1. The number of quaternary nitrogens is 1. The molecule has 1 aromatic heterocycles. The number of nitrogens with one attached hydrogen (secondary N) is 2. The van der Waals surface area contributed by atoms with Gasteiger partial charge in [0.2, 0.25) is 0 Å². The SMILES string of the molecule is CC(CC1=CCN=C2C=CC=CC12)N[NH+]([O-])c1cnc(N2CCN(C(C)(C)C)CC2)o1. The second kappa shape index (κ2) is 9.08. The molecule has 8 nitrogen and oxygen atoms in total. The molecule has 0 aromatic carbocycles. The van der Waals surface area contributed by atoms with E-state index in [-0.39, 0.29) is 28.6 Å². The summed E-state index contributed by atoms with van der Waals surface area (Å²) in [6.07, 6.45) is 12.8. The van der Waals surface area contributed by atoms with Gasteiger partial charge in [0.05, 0.1) is 12.6 Å². The van der Waals surface area contributed by atoms with E-state index < -0.39 is 0 Å². The minimum absolute atomic E-state index is 0.0127. The molecule has 3 unspecified atom stereocenters. The highest BCUT2D eigenvalue weighted by Gasteiger charge is 2.28. The van der Waals surface area contributed by atoms with E-state index in [1.54, 1.807) is 0 Å². The second-order valence-electron chi connectivity index (χ2n) is 9.50. The van der Waals surface area contributed by atoms with Gasteiger partial charge in [-0.25, -0.2) is 5.17 Å². The summed E-state index contributed by atoms with van der Waals surface area (Å²) in [5, 5.41) is 12.5. The molecule has 31 heavy (non-hydrogen) atoms. The molecule has 1 aliphatic carbocycles. The average molecular weight is 427 g/mol. The summed E-state index contributed by atoms with van der Waals surface area (Å²) in [6.45, 7) is 13.0. The Labute approximate surface area is 184 Å². The molecular formula is C23H34N6O2. The Morgan fingerprint density at radius 3 is 2.77 bits per heavy atom. The smallest absolute Gasteiger partial charge is 0.336 e. The van der Waals surface area contributed by atoms with E-state index in [0.29, 0.717) is 12.6 Å². The van der Waals surface area contributed by atoms with Crippen molar-refractivity contribution in [2.45, 2.75) is 45.7 Å². The van der Waals surface area contributed by atoms with Gasteiger partial charge in [0.1, 0.15) is 6.20 Å². The number of allylic oxidation sites excluding steroid dienone is 4. The molecule has 3 aliphatic rings. The Bertz CT molecular complexity index is 886. The van der Waals surface area contributed by atoms with Crippen LogP contribution in [0.2, 0.25) is 0 Å². The van der Waals surface area contributed by atoms with E-state index in [2.05, 4.69) is 70.3 Å². The first-order valence-electron chi connectivity index (χ1n) is 11.2. The number of hydrogen-bond acceptors (Lipinski definition) is 7. The van der Waals surface area contributed by atoms with Crippen LogP contribution < -0.4 is 15.5 Å². The highest BCUT2D eigenvalue weighted by Crippen LogP contribution is 2.26. The summed E-state index contributed by atoms with van der Waals surface area (Å²) < 4.78 is 5.81. The lowest BCUT2D eigenvalue weighted by molar-refractivity contribution is -0.840. The van der Waals surface area contributed by atoms with Crippen molar-refractivity contribution >= 4 is 17.6 Å². The van der Waals surface area contributed by atoms with Crippen LogP contribution in [0.1, 0.15) is 34.1 Å². The Morgan fingerprint density at radius 2 is 2.03 bits per heavy atom. The van der Waals surface area contributed by atoms with Gasteiger partial charge in [-0.1, -0.05) is 29.9 Å². The van der Waals surface area contributed by atoms with Crippen LogP contribution in [0.4, 0.5) is 11.9 Å². The van der Waals surface area contributed by atoms with Crippen LogP contribution in [0.3, 0.4) is 0 Å². The van der Waals surface area contributed by atoms with Crippen molar-refractivity contribution in [1.82, 2.24) is 15.3 Å². The van der Waals surface area contributed by atoms with Crippen LogP contribution in [-0.4, -0.2) is 59.9 Å². The predicted molar refractivity (Wildman–Crippen MR) is 123 cm³/mol. The first-order valence-corrected chi connectivity index (χ1v) is 11.2. The Balaban J connectivity index is 1.30. The van der Waals surface area contributed by atoms with Crippen molar-refractivity contribution in [3.63, 3.8) is 0 Å². The van der Waals surface area contributed by atoms with Crippen LogP contribution in [-0.2, 0) is 0 Å². The zero-order chi connectivity index (χ0) is 22.0. The molecule has 3 atom stereocenters. The lowest BCUT2D eigenvalue weighted by Crippen LogP contribution is -3.10. The van der Waals surface area contributed by atoms with Gasteiger partial charge in [0.25, 0.3) is 0 Å². The molecule has 3 heterocycles. The maximum atomic E-state index is 12.7.